The van der Waals surface area contributed by atoms with Crippen LogP contribution in [0.1, 0.15) is 36.2 Å². The average molecular weight is 409 g/mol. The highest BCUT2D eigenvalue weighted by Gasteiger charge is 2.19. The Morgan fingerprint density at radius 3 is 2.52 bits per heavy atom. The Labute approximate surface area is 169 Å². The number of rotatable bonds is 7. The zero-order chi connectivity index (χ0) is 20.0. The van der Waals surface area contributed by atoms with E-state index in [4.69, 9.17) is 27.9 Å². The molecule has 0 spiro atoms. The monoisotopic (exact) mass is 408 g/mol. The second-order valence-electron chi connectivity index (χ2n) is 6.15. The minimum Gasteiger partial charge on any atom is -0.494 e. The highest BCUT2D eigenvalue weighted by atomic mass is 35.5. The standard InChI is InChI=1S/C20H22Cl2N2O3/c1-4-12(2)23-17(25)11-13-6-5-7-14(10-13)24-20(26)18-15(21)8-9-16(22)19(18)27-3/h5-10,12H,4,11H2,1-3H3,(H,23,25)(H,24,26). The van der Waals surface area contributed by atoms with E-state index < -0.39 is 5.91 Å². The van der Waals surface area contributed by atoms with Gasteiger partial charge in [0.2, 0.25) is 5.91 Å². The minimum absolute atomic E-state index is 0.0626. The molecule has 0 heterocycles. The van der Waals surface area contributed by atoms with Gasteiger partial charge in [-0.1, -0.05) is 42.3 Å². The molecule has 2 aromatic carbocycles. The Balaban J connectivity index is 2.16. The highest BCUT2D eigenvalue weighted by Crippen LogP contribution is 2.34. The summed E-state index contributed by atoms with van der Waals surface area (Å²) >= 11 is 12.2. The fourth-order valence-electron chi connectivity index (χ4n) is 2.51. The number of ether oxygens (including phenoxy) is 1. The van der Waals surface area contributed by atoms with Crippen molar-refractivity contribution in [3.05, 3.63) is 57.6 Å². The first kappa shape index (κ1) is 21.1. The number of anilines is 1. The van der Waals surface area contributed by atoms with Crippen LogP contribution < -0.4 is 15.4 Å². The van der Waals surface area contributed by atoms with E-state index in [2.05, 4.69) is 10.6 Å². The van der Waals surface area contributed by atoms with E-state index in [0.29, 0.717) is 10.7 Å². The van der Waals surface area contributed by atoms with Crippen molar-refractivity contribution in [1.29, 1.82) is 0 Å². The molecule has 1 atom stereocenters. The molecular weight excluding hydrogens is 387 g/mol. The number of carbonyl (C=O) groups is 2. The van der Waals surface area contributed by atoms with Crippen molar-refractivity contribution in [3.63, 3.8) is 0 Å². The summed E-state index contributed by atoms with van der Waals surface area (Å²) in [4.78, 5) is 24.7. The topological polar surface area (TPSA) is 67.4 Å². The Morgan fingerprint density at radius 2 is 1.85 bits per heavy atom. The summed E-state index contributed by atoms with van der Waals surface area (Å²) in [7, 11) is 1.42. The molecule has 2 aromatic rings. The lowest BCUT2D eigenvalue weighted by Crippen LogP contribution is -2.33. The molecular formula is C20H22Cl2N2O3. The molecule has 1 unspecified atom stereocenters. The van der Waals surface area contributed by atoms with Crippen LogP contribution in [0.5, 0.6) is 5.75 Å². The van der Waals surface area contributed by atoms with Crippen molar-refractivity contribution in [2.24, 2.45) is 0 Å². The number of amides is 2. The van der Waals surface area contributed by atoms with E-state index in [1.807, 2.05) is 19.9 Å². The van der Waals surface area contributed by atoms with Gasteiger partial charge in [0, 0.05) is 11.7 Å². The first-order valence-corrected chi connectivity index (χ1v) is 9.33. The maximum absolute atomic E-state index is 12.7. The molecule has 0 saturated heterocycles. The van der Waals surface area contributed by atoms with E-state index in [9.17, 15) is 9.59 Å². The molecule has 144 valence electrons. The molecule has 2 N–H and O–H groups in total. The largest absolute Gasteiger partial charge is 0.494 e. The molecule has 0 bridgehead atoms. The van der Waals surface area contributed by atoms with Gasteiger partial charge in [-0.3, -0.25) is 9.59 Å². The normalized spacial score (nSPS) is 11.6. The zero-order valence-electron chi connectivity index (χ0n) is 15.4. The second kappa shape index (κ2) is 9.62. The number of hydrogen-bond acceptors (Lipinski definition) is 3. The molecule has 0 aliphatic rings. The third-order valence-corrected chi connectivity index (χ3v) is 4.67. The van der Waals surface area contributed by atoms with Gasteiger partial charge in [-0.25, -0.2) is 0 Å². The van der Waals surface area contributed by atoms with Gasteiger partial charge in [-0.2, -0.15) is 0 Å². The van der Waals surface area contributed by atoms with Crippen LogP contribution >= 0.6 is 23.2 Å². The second-order valence-corrected chi connectivity index (χ2v) is 6.96. The molecule has 2 rings (SSSR count). The van der Waals surface area contributed by atoms with Gasteiger partial charge in [0.1, 0.15) is 5.56 Å². The number of halogens is 2. The summed E-state index contributed by atoms with van der Waals surface area (Å²) in [6.07, 6.45) is 1.10. The summed E-state index contributed by atoms with van der Waals surface area (Å²) in [6.45, 7) is 3.97. The summed E-state index contributed by atoms with van der Waals surface area (Å²) in [5.74, 6) is -0.293. The molecule has 0 aliphatic heterocycles. The van der Waals surface area contributed by atoms with Crippen molar-refractivity contribution in [2.75, 3.05) is 12.4 Å². The van der Waals surface area contributed by atoms with Crippen molar-refractivity contribution < 1.29 is 14.3 Å². The smallest absolute Gasteiger partial charge is 0.261 e. The summed E-state index contributed by atoms with van der Waals surface area (Å²) < 4.78 is 5.21. The Hall–Kier alpha value is -2.24. The summed E-state index contributed by atoms with van der Waals surface area (Å²) in [6, 6.07) is 10.3. The molecule has 7 heteroatoms. The number of nitrogens with one attached hydrogen (secondary N) is 2. The van der Waals surface area contributed by atoms with Gasteiger partial charge in [0.25, 0.3) is 5.91 Å². The van der Waals surface area contributed by atoms with Gasteiger partial charge < -0.3 is 15.4 Å². The van der Waals surface area contributed by atoms with Crippen LogP contribution in [0.25, 0.3) is 0 Å². The number of methoxy groups -OCH3 is 1. The van der Waals surface area contributed by atoms with Crippen LogP contribution in [0.2, 0.25) is 10.0 Å². The van der Waals surface area contributed by atoms with Crippen LogP contribution in [-0.2, 0) is 11.2 Å². The van der Waals surface area contributed by atoms with Crippen LogP contribution in [-0.4, -0.2) is 25.0 Å². The van der Waals surface area contributed by atoms with E-state index in [1.165, 1.54) is 13.2 Å². The van der Waals surface area contributed by atoms with E-state index in [1.54, 1.807) is 24.3 Å². The maximum Gasteiger partial charge on any atom is 0.261 e. The first-order chi connectivity index (χ1) is 12.8. The van der Waals surface area contributed by atoms with Crippen LogP contribution in [0, 0.1) is 0 Å². The third kappa shape index (κ3) is 5.62. The predicted molar refractivity (Wildman–Crippen MR) is 109 cm³/mol. The molecule has 0 radical (unpaired) electrons. The maximum atomic E-state index is 12.7. The Kier molecular flexibility index (Phi) is 7.51. The van der Waals surface area contributed by atoms with Gasteiger partial charge in [0.05, 0.1) is 23.6 Å². The van der Waals surface area contributed by atoms with Crippen LogP contribution in [0.3, 0.4) is 0 Å². The zero-order valence-corrected chi connectivity index (χ0v) is 16.9. The lowest BCUT2D eigenvalue weighted by Gasteiger charge is -2.13. The summed E-state index contributed by atoms with van der Waals surface area (Å²) in [5.41, 5.74) is 1.50. The Morgan fingerprint density at radius 1 is 1.15 bits per heavy atom. The van der Waals surface area contributed by atoms with E-state index in [0.717, 1.165) is 12.0 Å². The molecule has 0 aromatic heterocycles. The van der Waals surface area contributed by atoms with E-state index in [-0.39, 0.29) is 34.7 Å². The van der Waals surface area contributed by atoms with Crippen molar-refractivity contribution in [3.8, 4) is 5.75 Å². The van der Waals surface area contributed by atoms with Gasteiger partial charge >= 0.3 is 0 Å². The Bertz CT molecular complexity index is 840. The SMILES string of the molecule is CCC(C)NC(=O)Cc1cccc(NC(=O)c2c(Cl)ccc(Cl)c2OC)c1. The number of hydrogen-bond donors (Lipinski definition) is 2. The number of carbonyl (C=O) groups excluding carboxylic acids is 2. The van der Waals surface area contributed by atoms with Gasteiger partial charge in [0.15, 0.2) is 5.75 Å². The van der Waals surface area contributed by atoms with E-state index >= 15 is 0 Å². The fourth-order valence-corrected chi connectivity index (χ4v) is 2.98. The molecule has 5 nitrogen and oxygen atoms in total. The van der Waals surface area contributed by atoms with Crippen LogP contribution in [0.15, 0.2) is 36.4 Å². The molecule has 27 heavy (non-hydrogen) atoms. The lowest BCUT2D eigenvalue weighted by atomic mass is 10.1. The van der Waals surface area contributed by atoms with Crippen molar-refractivity contribution in [2.45, 2.75) is 32.7 Å². The molecule has 2 amide bonds. The highest BCUT2D eigenvalue weighted by molar-refractivity contribution is 6.37. The first-order valence-electron chi connectivity index (χ1n) is 8.57. The minimum atomic E-state index is -0.444. The fraction of sp³-hybridized carbons (Fsp3) is 0.300. The quantitative estimate of drug-likeness (QED) is 0.696. The van der Waals surface area contributed by atoms with Crippen LogP contribution in [0.4, 0.5) is 5.69 Å². The van der Waals surface area contributed by atoms with Gasteiger partial charge in [-0.05, 0) is 43.2 Å². The van der Waals surface area contributed by atoms with Gasteiger partial charge in [-0.15, -0.1) is 0 Å². The molecule has 0 aliphatic carbocycles. The van der Waals surface area contributed by atoms with Crippen molar-refractivity contribution >= 4 is 40.7 Å². The average Bonchev–Trinajstić information content (AvgIpc) is 2.63. The summed E-state index contributed by atoms with van der Waals surface area (Å²) in [5, 5.41) is 6.22. The predicted octanol–water partition coefficient (Wildman–Crippen LogP) is 4.71. The van der Waals surface area contributed by atoms with Crippen molar-refractivity contribution in [1.82, 2.24) is 5.32 Å². The molecule has 0 saturated carbocycles. The molecule has 0 fully saturated rings. The third-order valence-electron chi connectivity index (χ3n) is 4.06. The number of benzene rings is 2. The lowest BCUT2D eigenvalue weighted by molar-refractivity contribution is -0.121.